The molecule has 0 bridgehead atoms. The smallest absolute Gasteiger partial charge is 0.337 e. The van der Waals surface area contributed by atoms with Gasteiger partial charge in [-0.1, -0.05) is 6.07 Å². The summed E-state index contributed by atoms with van der Waals surface area (Å²) in [6, 6.07) is 4.61. The number of carboxylic acids is 1. The molecule has 2 heterocycles. The molecule has 1 atom stereocenters. The largest absolute Gasteiger partial charge is 0.478 e. The van der Waals surface area contributed by atoms with Gasteiger partial charge in [-0.3, -0.25) is 9.59 Å². The summed E-state index contributed by atoms with van der Waals surface area (Å²) in [5.74, 6) is -0.0772. The van der Waals surface area contributed by atoms with E-state index < -0.39 is 17.1 Å². The van der Waals surface area contributed by atoms with Crippen molar-refractivity contribution in [2.75, 3.05) is 5.75 Å². The first-order chi connectivity index (χ1) is 10.1. The first kappa shape index (κ1) is 13.9. The lowest BCUT2D eigenvalue weighted by Gasteiger charge is -2.15. The van der Waals surface area contributed by atoms with Crippen LogP contribution in [0.5, 0.6) is 0 Å². The number of H-pyrrole nitrogens is 1. The fourth-order valence-electron chi connectivity index (χ4n) is 2.67. The number of fused-ring (bicyclic) bond motifs is 1. The van der Waals surface area contributed by atoms with E-state index in [9.17, 15) is 19.5 Å². The molecule has 0 radical (unpaired) electrons. The number of carbonyl (C=O) groups is 1. The number of para-hydroxylation sites is 1. The number of thioether (sulfide) groups is 1. The molecule has 6 nitrogen and oxygen atoms in total. The number of aromatic carboxylic acids is 1. The number of rotatable bonds is 3. The third-order valence-corrected chi connectivity index (χ3v) is 5.01. The summed E-state index contributed by atoms with van der Waals surface area (Å²) in [6.45, 7) is 0.369. The molecule has 0 saturated carbocycles. The second-order valence-electron chi connectivity index (χ2n) is 5.01. The van der Waals surface area contributed by atoms with Crippen LogP contribution in [0.4, 0.5) is 0 Å². The maximum Gasteiger partial charge on any atom is 0.337 e. The maximum absolute atomic E-state index is 12.2. The highest BCUT2D eigenvalue weighted by Crippen LogP contribution is 2.28. The van der Waals surface area contributed by atoms with Crippen molar-refractivity contribution in [3.05, 3.63) is 44.5 Å². The molecule has 1 saturated heterocycles. The summed E-state index contributed by atoms with van der Waals surface area (Å²) in [6.07, 6.45) is 2.05. The van der Waals surface area contributed by atoms with Gasteiger partial charge in [-0.15, -0.1) is 0 Å². The van der Waals surface area contributed by atoms with Crippen LogP contribution in [-0.4, -0.2) is 31.6 Å². The van der Waals surface area contributed by atoms with Crippen LogP contribution in [0.25, 0.3) is 11.0 Å². The molecule has 21 heavy (non-hydrogen) atoms. The highest BCUT2D eigenvalue weighted by molar-refractivity contribution is 8.00. The fraction of sp³-hybridized carbons (Fsp3) is 0.357. The number of nitrogens with one attached hydrogen (secondary N) is 1. The molecule has 2 aromatic rings. The molecular weight excluding hydrogens is 292 g/mol. The lowest BCUT2D eigenvalue weighted by atomic mass is 10.1. The molecule has 110 valence electrons. The van der Waals surface area contributed by atoms with E-state index in [0.29, 0.717) is 17.6 Å². The predicted octanol–water partition coefficient (Wildman–Crippen LogP) is 1.28. The predicted molar refractivity (Wildman–Crippen MR) is 81.3 cm³/mol. The standard InChI is InChI=1S/C14H14N2O4S/c17-12-13(18)16(7-8-3-2-6-21-8)11-9(14(19)20)4-1-5-10(11)15-12/h1,4-5,8H,2-3,6-7H2,(H,15,17)(H,19,20). The number of nitrogens with zero attached hydrogens (tertiary/aromatic N) is 1. The van der Waals surface area contributed by atoms with Gasteiger partial charge in [0.05, 0.1) is 16.6 Å². The van der Waals surface area contributed by atoms with Crippen LogP contribution in [0, 0.1) is 0 Å². The van der Waals surface area contributed by atoms with E-state index in [1.165, 1.54) is 10.6 Å². The zero-order valence-electron chi connectivity index (χ0n) is 11.2. The Hall–Kier alpha value is -2.02. The summed E-state index contributed by atoms with van der Waals surface area (Å²) in [7, 11) is 0. The van der Waals surface area contributed by atoms with Crippen LogP contribution in [0.15, 0.2) is 27.8 Å². The van der Waals surface area contributed by atoms with Gasteiger partial charge in [-0.2, -0.15) is 11.8 Å². The van der Waals surface area contributed by atoms with Crippen LogP contribution >= 0.6 is 11.8 Å². The van der Waals surface area contributed by atoms with Crippen LogP contribution < -0.4 is 11.1 Å². The average Bonchev–Trinajstić information content (AvgIpc) is 2.96. The Bertz CT molecular complexity index is 818. The molecule has 0 aliphatic carbocycles. The van der Waals surface area contributed by atoms with E-state index in [1.54, 1.807) is 23.9 Å². The Labute approximate surface area is 123 Å². The highest BCUT2D eigenvalue weighted by atomic mass is 32.2. The zero-order chi connectivity index (χ0) is 15.0. The van der Waals surface area contributed by atoms with E-state index in [0.717, 1.165) is 18.6 Å². The Balaban J connectivity index is 2.28. The lowest BCUT2D eigenvalue weighted by Crippen LogP contribution is -2.38. The minimum absolute atomic E-state index is 0.0313. The Morgan fingerprint density at radius 2 is 2.24 bits per heavy atom. The molecule has 3 rings (SSSR count). The molecule has 0 amide bonds. The van der Waals surface area contributed by atoms with Gasteiger partial charge < -0.3 is 14.7 Å². The first-order valence-corrected chi connectivity index (χ1v) is 7.73. The van der Waals surface area contributed by atoms with Crippen LogP contribution in [-0.2, 0) is 6.54 Å². The van der Waals surface area contributed by atoms with Crippen molar-refractivity contribution in [1.29, 1.82) is 0 Å². The van der Waals surface area contributed by atoms with Crippen molar-refractivity contribution in [1.82, 2.24) is 9.55 Å². The van der Waals surface area contributed by atoms with Gasteiger partial charge in [0.1, 0.15) is 0 Å². The lowest BCUT2D eigenvalue weighted by molar-refractivity contribution is 0.0698. The maximum atomic E-state index is 12.2. The van der Waals surface area contributed by atoms with Gasteiger partial charge in [-0.05, 0) is 30.7 Å². The van der Waals surface area contributed by atoms with Crippen molar-refractivity contribution >= 4 is 28.8 Å². The Kier molecular flexibility index (Phi) is 3.59. The third-order valence-electron chi connectivity index (χ3n) is 3.63. The zero-order valence-corrected chi connectivity index (χ0v) is 12.0. The van der Waals surface area contributed by atoms with Crippen molar-refractivity contribution in [2.24, 2.45) is 0 Å². The number of benzene rings is 1. The molecule has 1 aliphatic heterocycles. The quantitative estimate of drug-likeness (QED) is 0.834. The average molecular weight is 306 g/mol. The summed E-state index contributed by atoms with van der Waals surface area (Å²) >= 11 is 1.76. The van der Waals surface area contributed by atoms with Crippen LogP contribution in [0.3, 0.4) is 0 Å². The highest BCUT2D eigenvalue weighted by Gasteiger charge is 2.21. The molecular formula is C14H14N2O4S. The van der Waals surface area contributed by atoms with Crippen LogP contribution in [0.2, 0.25) is 0 Å². The number of hydrogen-bond donors (Lipinski definition) is 2. The first-order valence-electron chi connectivity index (χ1n) is 6.68. The SMILES string of the molecule is O=C(O)c1cccc2[nH]c(=O)c(=O)n(CC3CCCS3)c12. The fourth-order valence-corrected chi connectivity index (χ4v) is 3.93. The van der Waals surface area contributed by atoms with Crippen LogP contribution in [0.1, 0.15) is 23.2 Å². The molecule has 1 fully saturated rings. The second-order valence-corrected chi connectivity index (χ2v) is 6.42. The molecule has 1 aromatic carbocycles. The van der Waals surface area contributed by atoms with E-state index in [-0.39, 0.29) is 10.8 Å². The summed E-state index contributed by atoms with van der Waals surface area (Å²) in [5.41, 5.74) is -0.704. The van der Waals surface area contributed by atoms with Gasteiger partial charge in [0.15, 0.2) is 0 Å². The number of carboxylic acid groups (broad SMARTS) is 1. The minimum atomic E-state index is -1.11. The van der Waals surface area contributed by atoms with Crippen molar-refractivity contribution in [3.8, 4) is 0 Å². The third kappa shape index (κ3) is 2.49. The van der Waals surface area contributed by atoms with E-state index >= 15 is 0 Å². The molecule has 1 unspecified atom stereocenters. The normalized spacial score (nSPS) is 18.2. The van der Waals surface area contributed by atoms with Crippen molar-refractivity contribution in [3.63, 3.8) is 0 Å². The minimum Gasteiger partial charge on any atom is -0.478 e. The van der Waals surface area contributed by atoms with Gasteiger partial charge in [0, 0.05) is 11.8 Å². The number of hydrogen-bond acceptors (Lipinski definition) is 4. The Morgan fingerprint density at radius 3 is 2.90 bits per heavy atom. The van der Waals surface area contributed by atoms with Gasteiger partial charge in [0.2, 0.25) is 0 Å². The van der Waals surface area contributed by atoms with Gasteiger partial charge in [0.25, 0.3) is 0 Å². The summed E-state index contributed by atoms with van der Waals surface area (Å²) < 4.78 is 1.32. The van der Waals surface area contributed by atoms with E-state index in [1.807, 2.05) is 0 Å². The van der Waals surface area contributed by atoms with Gasteiger partial charge in [-0.25, -0.2) is 4.79 Å². The molecule has 0 spiro atoms. The van der Waals surface area contributed by atoms with E-state index in [4.69, 9.17) is 0 Å². The molecule has 7 heteroatoms. The summed E-state index contributed by atoms with van der Waals surface area (Å²) in [4.78, 5) is 37.8. The van der Waals surface area contributed by atoms with Crippen molar-refractivity contribution in [2.45, 2.75) is 24.6 Å². The van der Waals surface area contributed by atoms with E-state index in [2.05, 4.69) is 4.98 Å². The summed E-state index contributed by atoms with van der Waals surface area (Å²) in [5, 5.41) is 9.56. The molecule has 2 N–H and O–H groups in total. The second kappa shape index (κ2) is 5.40. The number of aromatic nitrogens is 2. The Morgan fingerprint density at radius 1 is 1.43 bits per heavy atom. The molecule has 1 aromatic heterocycles. The number of aromatic amines is 1. The topological polar surface area (TPSA) is 92.2 Å². The molecule has 1 aliphatic rings. The monoisotopic (exact) mass is 306 g/mol. The van der Waals surface area contributed by atoms with Crippen molar-refractivity contribution < 1.29 is 9.90 Å². The van der Waals surface area contributed by atoms with Gasteiger partial charge >= 0.3 is 17.1 Å².